The molecule has 1 saturated heterocycles. The average Bonchev–Trinajstić information content (AvgIpc) is 3.54. The minimum absolute atomic E-state index is 0.0895. The molecule has 2 amide bonds. The molecule has 48 heavy (non-hydrogen) atoms. The lowest BCUT2D eigenvalue weighted by molar-refractivity contribution is -0.130. The number of anilines is 1. The lowest BCUT2D eigenvalue weighted by Crippen LogP contribution is -2.50. The van der Waals surface area contributed by atoms with Gasteiger partial charge < -0.3 is 19.9 Å². The maximum atomic E-state index is 13.6. The molecular weight excluding hydrogens is 669 g/mol. The van der Waals surface area contributed by atoms with Gasteiger partial charge in [0, 0.05) is 81.9 Å². The van der Waals surface area contributed by atoms with Crippen molar-refractivity contribution >= 4 is 62.8 Å². The summed E-state index contributed by atoms with van der Waals surface area (Å²) < 4.78 is 34.2. The Balaban J connectivity index is 1.35. The highest BCUT2D eigenvalue weighted by atomic mass is 32.2. The summed E-state index contributed by atoms with van der Waals surface area (Å²) in [6.45, 7) is 6.17. The van der Waals surface area contributed by atoms with E-state index in [0.717, 1.165) is 36.1 Å². The van der Waals surface area contributed by atoms with Gasteiger partial charge in [-0.15, -0.1) is 0 Å². The zero-order valence-electron chi connectivity index (χ0n) is 27.2. The lowest BCUT2D eigenvalue weighted by Gasteiger charge is -2.36. The predicted molar refractivity (Wildman–Crippen MR) is 195 cm³/mol. The van der Waals surface area contributed by atoms with Gasteiger partial charge >= 0.3 is 0 Å². The largest absolute Gasteiger partial charge is 0.493 e. The third-order valence-electron chi connectivity index (χ3n) is 8.20. The highest BCUT2D eigenvalue weighted by molar-refractivity contribution is 7.99. The molecular formula is C34H42N6O5S3. The van der Waals surface area contributed by atoms with Gasteiger partial charge in [-0.05, 0) is 42.0 Å². The van der Waals surface area contributed by atoms with Crippen molar-refractivity contribution in [3.05, 3.63) is 84.2 Å². The third kappa shape index (κ3) is 9.04. The SMILES string of the molecule is CC(=O)N1CCN(CC(CNC(=O)c2cc3cc(OCCCS)cc(N(C)S(=O)(=O)c4ccccn4)c3[nH]2)SCc2ccccc2)CC1. The number of nitrogens with one attached hydrogen (secondary N) is 2. The van der Waals surface area contributed by atoms with Crippen molar-refractivity contribution in [1.82, 2.24) is 25.1 Å². The van der Waals surface area contributed by atoms with E-state index in [2.05, 4.69) is 44.9 Å². The van der Waals surface area contributed by atoms with Crippen molar-refractivity contribution in [2.45, 2.75) is 29.4 Å². The Bertz CT molecular complexity index is 1780. The van der Waals surface area contributed by atoms with E-state index >= 15 is 0 Å². The molecule has 0 radical (unpaired) electrons. The molecule has 1 fully saturated rings. The minimum Gasteiger partial charge on any atom is -0.493 e. The minimum atomic E-state index is -4.00. The van der Waals surface area contributed by atoms with Crippen molar-refractivity contribution in [2.24, 2.45) is 0 Å². The number of amides is 2. The molecule has 1 atom stereocenters. The van der Waals surface area contributed by atoms with Crippen LogP contribution in [-0.4, -0.2) is 104 Å². The number of carbonyl (C=O) groups is 2. The molecule has 14 heteroatoms. The van der Waals surface area contributed by atoms with Gasteiger partial charge in [0.15, 0.2) is 5.03 Å². The Morgan fingerprint density at radius 1 is 1.08 bits per heavy atom. The van der Waals surface area contributed by atoms with Crippen LogP contribution in [0.3, 0.4) is 0 Å². The molecule has 256 valence electrons. The second kappa shape index (κ2) is 16.6. The van der Waals surface area contributed by atoms with E-state index < -0.39 is 10.0 Å². The molecule has 2 aromatic heterocycles. The second-order valence-corrected chi connectivity index (χ2v) is 15.2. The molecule has 11 nitrogen and oxygen atoms in total. The van der Waals surface area contributed by atoms with Gasteiger partial charge in [-0.2, -0.15) is 32.8 Å². The topological polar surface area (TPSA) is 128 Å². The van der Waals surface area contributed by atoms with Crippen LogP contribution in [0.15, 0.2) is 78.0 Å². The molecule has 2 aromatic carbocycles. The Morgan fingerprint density at radius 3 is 2.52 bits per heavy atom. The van der Waals surface area contributed by atoms with Crippen molar-refractivity contribution in [2.75, 3.05) is 63.0 Å². The highest BCUT2D eigenvalue weighted by Gasteiger charge is 2.27. The smallest absolute Gasteiger partial charge is 0.281 e. The molecule has 3 heterocycles. The van der Waals surface area contributed by atoms with Gasteiger partial charge in [-0.1, -0.05) is 36.4 Å². The van der Waals surface area contributed by atoms with Crippen LogP contribution >= 0.6 is 24.4 Å². The Hall–Kier alpha value is -3.72. The molecule has 0 spiro atoms. The first-order valence-corrected chi connectivity index (χ1v) is 19.0. The number of hydrogen-bond donors (Lipinski definition) is 3. The first kappa shape index (κ1) is 35.6. The van der Waals surface area contributed by atoms with Crippen LogP contribution in [-0.2, 0) is 20.6 Å². The average molecular weight is 711 g/mol. The number of aromatic nitrogens is 2. The summed E-state index contributed by atoms with van der Waals surface area (Å²) in [4.78, 5) is 36.9. The van der Waals surface area contributed by atoms with Crippen LogP contribution in [0.1, 0.15) is 29.4 Å². The molecule has 0 aliphatic carbocycles. The number of thiol groups is 1. The number of thioether (sulfide) groups is 1. The van der Waals surface area contributed by atoms with Gasteiger partial charge in [0.1, 0.15) is 11.4 Å². The summed E-state index contributed by atoms with van der Waals surface area (Å²) >= 11 is 6.04. The molecule has 1 aliphatic rings. The number of aromatic amines is 1. The van der Waals surface area contributed by atoms with Crippen molar-refractivity contribution in [3.63, 3.8) is 0 Å². The Kier molecular flexibility index (Phi) is 12.3. The van der Waals surface area contributed by atoms with Gasteiger partial charge in [0.05, 0.1) is 17.8 Å². The molecule has 5 rings (SSSR count). The van der Waals surface area contributed by atoms with Gasteiger partial charge in [-0.3, -0.25) is 18.8 Å². The van der Waals surface area contributed by atoms with E-state index in [1.54, 1.807) is 49.0 Å². The van der Waals surface area contributed by atoms with Crippen molar-refractivity contribution in [1.29, 1.82) is 0 Å². The number of nitrogens with zero attached hydrogens (tertiary/aromatic N) is 4. The number of rotatable bonds is 15. The molecule has 2 N–H and O–H groups in total. The first-order chi connectivity index (χ1) is 23.2. The molecule has 1 unspecified atom stereocenters. The maximum Gasteiger partial charge on any atom is 0.281 e. The molecule has 0 saturated carbocycles. The van der Waals surface area contributed by atoms with Crippen LogP contribution in [0.2, 0.25) is 0 Å². The van der Waals surface area contributed by atoms with Crippen LogP contribution in [0.25, 0.3) is 10.9 Å². The first-order valence-electron chi connectivity index (χ1n) is 15.9. The Morgan fingerprint density at radius 2 is 1.83 bits per heavy atom. The third-order valence-corrected chi connectivity index (χ3v) is 11.5. The van der Waals surface area contributed by atoms with Crippen molar-refractivity contribution in [3.8, 4) is 5.75 Å². The zero-order valence-corrected chi connectivity index (χ0v) is 29.7. The summed E-state index contributed by atoms with van der Waals surface area (Å²) in [5, 5.41) is 3.76. The number of pyridine rings is 1. The van der Waals surface area contributed by atoms with E-state index in [1.165, 1.54) is 24.9 Å². The quantitative estimate of drug-likeness (QED) is 0.123. The zero-order chi connectivity index (χ0) is 34.1. The number of carbonyl (C=O) groups excluding carboxylic acids is 2. The second-order valence-electron chi connectivity index (χ2n) is 11.6. The van der Waals surface area contributed by atoms with Crippen LogP contribution in [0.4, 0.5) is 5.69 Å². The summed E-state index contributed by atoms with van der Waals surface area (Å²) in [5.74, 6) is 1.73. The van der Waals surface area contributed by atoms with Crippen LogP contribution < -0.4 is 14.4 Å². The number of piperazine rings is 1. The fourth-order valence-electron chi connectivity index (χ4n) is 5.48. The maximum absolute atomic E-state index is 13.6. The number of benzene rings is 2. The number of ether oxygens (including phenoxy) is 1. The molecule has 4 aromatic rings. The fourth-order valence-corrected chi connectivity index (χ4v) is 7.87. The number of H-pyrrole nitrogens is 1. The summed E-state index contributed by atoms with van der Waals surface area (Å²) in [6.07, 6.45) is 2.15. The van der Waals surface area contributed by atoms with E-state index in [4.69, 9.17) is 4.74 Å². The van der Waals surface area contributed by atoms with Crippen LogP contribution in [0, 0.1) is 0 Å². The van der Waals surface area contributed by atoms with E-state index in [0.29, 0.717) is 60.0 Å². The van der Waals surface area contributed by atoms with E-state index in [1.807, 2.05) is 23.1 Å². The lowest BCUT2D eigenvalue weighted by atomic mass is 10.2. The predicted octanol–water partition coefficient (Wildman–Crippen LogP) is 4.28. The van der Waals surface area contributed by atoms with Crippen molar-refractivity contribution < 1.29 is 22.7 Å². The van der Waals surface area contributed by atoms with E-state index in [-0.39, 0.29) is 22.1 Å². The number of fused-ring (bicyclic) bond motifs is 1. The normalized spacial score (nSPS) is 14.5. The summed E-state index contributed by atoms with van der Waals surface area (Å²) in [5.41, 5.74) is 2.34. The molecule has 0 bridgehead atoms. The summed E-state index contributed by atoms with van der Waals surface area (Å²) in [7, 11) is -2.54. The summed E-state index contributed by atoms with van der Waals surface area (Å²) in [6, 6.07) is 20.1. The number of hydrogen-bond acceptors (Lipinski definition) is 9. The highest BCUT2D eigenvalue weighted by Crippen LogP contribution is 2.34. The van der Waals surface area contributed by atoms with Gasteiger partial charge in [0.2, 0.25) is 5.91 Å². The standard InChI is InChI=1S/C34H42N6O5S3/c1-25(41)40-15-13-39(14-16-40)23-29(47-24-26-9-4-3-5-10-26)22-36-34(42)30-20-27-19-28(45-17-8-18-46)21-31(33(27)37-30)38(2)48(43,44)32-11-6-7-12-35-32/h3-7,9-12,19-21,29,37,46H,8,13-18,22-24H2,1-2H3,(H,36,42). The monoisotopic (exact) mass is 710 g/mol. The molecule has 1 aliphatic heterocycles. The van der Waals surface area contributed by atoms with Crippen LogP contribution in [0.5, 0.6) is 5.75 Å². The Labute approximate surface area is 291 Å². The van der Waals surface area contributed by atoms with Gasteiger partial charge in [-0.25, -0.2) is 4.98 Å². The number of sulfonamides is 1. The van der Waals surface area contributed by atoms with Gasteiger partial charge in [0.25, 0.3) is 15.9 Å². The fraction of sp³-hybridized carbons (Fsp3) is 0.382. The van der Waals surface area contributed by atoms with E-state index in [9.17, 15) is 18.0 Å².